The van der Waals surface area contributed by atoms with E-state index in [1.54, 1.807) is 11.8 Å². The molecule has 1 aromatic carbocycles. The van der Waals surface area contributed by atoms with Crippen molar-refractivity contribution in [2.75, 3.05) is 18.6 Å². The summed E-state index contributed by atoms with van der Waals surface area (Å²) in [6.45, 7) is 3.30. The highest BCUT2D eigenvalue weighted by atomic mass is 32.2. The van der Waals surface area contributed by atoms with Crippen LogP contribution in [-0.4, -0.2) is 65.5 Å². The number of carbonyl (C=O) groups excluding carboxylic acids is 3. The van der Waals surface area contributed by atoms with Gasteiger partial charge in [-0.05, 0) is 36.3 Å². The normalized spacial score (nSPS) is 13.7. The van der Waals surface area contributed by atoms with Crippen molar-refractivity contribution < 1.29 is 24.3 Å². The first-order chi connectivity index (χ1) is 15.1. The largest absolute Gasteiger partial charge is 0.480 e. The van der Waals surface area contributed by atoms with Gasteiger partial charge in [0.2, 0.25) is 17.7 Å². The lowest BCUT2D eigenvalue weighted by atomic mass is 10.0. The van der Waals surface area contributed by atoms with Crippen molar-refractivity contribution in [2.45, 2.75) is 51.2 Å². The summed E-state index contributed by atoms with van der Waals surface area (Å²) >= 11 is 1.57. The van der Waals surface area contributed by atoms with Gasteiger partial charge in [0.25, 0.3) is 0 Å². The quantitative estimate of drug-likeness (QED) is 0.268. The van der Waals surface area contributed by atoms with E-state index in [9.17, 15) is 24.3 Å². The molecule has 0 saturated heterocycles. The second-order valence-corrected chi connectivity index (χ2v) is 8.93. The predicted octanol–water partition coefficient (Wildman–Crippen LogP) is 0.526. The summed E-state index contributed by atoms with van der Waals surface area (Å²) in [4.78, 5) is 48.7. The monoisotopic (exact) mass is 466 g/mol. The Morgan fingerprint density at radius 2 is 1.69 bits per heavy atom. The molecule has 3 amide bonds. The van der Waals surface area contributed by atoms with E-state index in [4.69, 9.17) is 5.73 Å². The topological polar surface area (TPSA) is 151 Å². The molecule has 0 aliphatic heterocycles. The van der Waals surface area contributed by atoms with Crippen molar-refractivity contribution in [3.8, 4) is 0 Å². The first kappa shape index (κ1) is 27.4. The van der Waals surface area contributed by atoms with Gasteiger partial charge in [-0.3, -0.25) is 14.4 Å². The Hall–Kier alpha value is -2.59. The van der Waals surface area contributed by atoms with E-state index in [2.05, 4.69) is 16.0 Å². The molecule has 0 heterocycles. The zero-order valence-electron chi connectivity index (χ0n) is 18.8. The van der Waals surface area contributed by atoms with E-state index >= 15 is 0 Å². The van der Waals surface area contributed by atoms with Crippen LogP contribution in [0.2, 0.25) is 0 Å². The highest BCUT2D eigenvalue weighted by molar-refractivity contribution is 7.98. The van der Waals surface area contributed by atoms with E-state index in [-0.39, 0.29) is 18.8 Å². The second kappa shape index (κ2) is 14.5. The third kappa shape index (κ3) is 10.6. The number of hydrogen-bond acceptors (Lipinski definition) is 6. The molecule has 0 bridgehead atoms. The minimum absolute atomic E-state index is 0.0757. The molecular weight excluding hydrogens is 432 g/mol. The summed E-state index contributed by atoms with van der Waals surface area (Å²) in [5, 5.41) is 16.8. The molecule has 1 rings (SSSR count). The van der Waals surface area contributed by atoms with Crippen LogP contribution in [0.1, 0.15) is 32.3 Å². The predicted molar refractivity (Wildman–Crippen MR) is 125 cm³/mol. The number of hydrogen-bond donors (Lipinski definition) is 5. The van der Waals surface area contributed by atoms with Crippen LogP contribution in [0.25, 0.3) is 0 Å². The van der Waals surface area contributed by atoms with E-state index in [0.717, 1.165) is 5.56 Å². The lowest BCUT2D eigenvalue weighted by molar-refractivity contribution is -0.142. The molecule has 0 aliphatic carbocycles. The maximum absolute atomic E-state index is 12.8. The summed E-state index contributed by atoms with van der Waals surface area (Å²) in [7, 11) is 0. The number of carboxylic acid groups (broad SMARTS) is 1. The van der Waals surface area contributed by atoms with E-state index in [1.165, 1.54) is 0 Å². The van der Waals surface area contributed by atoms with Gasteiger partial charge in [-0.15, -0.1) is 0 Å². The van der Waals surface area contributed by atoms with Crippen LogP contribution in [0.5, 0.6) is 0 Å². The molecule has 0 saturated carbocycles. The number of aliphatic carboxylic acids is 1. The fourth-order valence-corrected chi connectivity index (χ4v) is 3.43. The molecule has 6 N–H and O–H groups in total. The summed E-state index contributed by atoms with van der Waals surface area (Å²) in [5.74, 6) is -1.95. The minimum atomic E-state index is -1.13. The summed E-state index contributed by atoms with van der Waals surface area (Å²) < 4.78 is 0. The van der Waals surface area contributed by atoms with Gasteiger partial charge in [-0.1, -0.05) is 44.2 Å². The number of benzene rings is 1. The molecule has 0 fully saturated rings. The maximum atomic E-state index is 12.8. The Morgan fingerprint density at radius 1 is 1.03 bits per heavy atom. The number of thioether (sulfide) groups is 1. The maximum Gasteiger partial charge on any atom is 0.326 e. The Balaban J connectivity index is 2.76. The minimum Gasteiger partial charge on any atom is -0.480 e. The zero-order chi connectivity index (χ0) is 24.1. The average molecular weight is 467 g/mol. The number of carbonyl (C=O) groups is 4. The smallest absolute Gasteiger partial charge is 0.326 e. The van der Waals surface area contributed by atoms with Crippen LogP contribution in [0.4, 0.5) is 0 Å². The molecule has 0 aromatic heterocycles. The molecule has 3 unspecified atom stereocenters. The Morgan fingerprint density at radius 3 is 2.25 bits per heavy atom. The molecule has 0 radical (unpaired) electrons. The Labute approximate surface area is 193 Å². The molecule has 1 aromatic rings. The van der Waals surface area contributed by atoms with Crippen molar-refractivity contribution in [1.82, 2.24) is 16.0 Å². The first-order valence-corrected chi connectivity index (χ1v) is 11.9. The number of carboxylic acids is 1. The van der Waals surface area contributed by atoms with Crippen molar-refractivity contribution in [2.24, 2.45) is 11.7 Å². The molecule has 0 spiro atoms. The van der Waals surface area contributed by atoms with Gasteiger partial charge in [-0.2, -0.15) is 11.8 Å². The zero-order valence-corrected chi connectivity index (χ0v) is 19.6. The summed E-state index contributed by atoms with van der Waals surface area (Å²) in [5.41, 5.74) is 6.74. The van der Waals surface area contributed by atoms with Gasteiger partial charge >= 0.3 is 5.97 Å². The van der Waals surface area contributed by atoms with Crippen LogP contribution in [-0.2, 0) is 25.6 Å². The third-order valence-electron chi connectivity index (χ3n) is 4.65. The molecule has 3 atom stereocenters. The third-order valence-corrected chi connectivity index (χ3v) is 5.29. The van der Waals surface area contributed by atoms with Gasteiger partial charge < -0.3 is 26.8 Å². The standard InChI is InChI=1S/C22H34N4O5S/c1-14(2)11-18(22(30)31)25-19(27)13-24-21(29)17(12-15-7-5-4-6-8-15)26-20(28)16(23)9-10-32-3/h4-8,14,16-18H,9-13,23H2,1-3H3,(H,24,29)(H,25,27)(H,26,28)(H,30,31). The molecule has 32 heavy (non-hydrogen) atoms. The van der Waals surface area contributed by atoms with Crippen molar-refractivity contribution in [1.29, 1.82) is 0 Å². The number of nitrogens with two attached hydrogens (primary N) is 1. The van der Waals surface area contributed by atoms with Crippen LogP contribution < -0.4 is 21.7 Å². The molecular formula is C22H34N4O5S. The molecule has 9 nitrogen and oxygen atoms in total. The highest BCUT2D eigenvalue weighted by Gasteiger charge is 2.25. The number of amides is 3. The molecule has 10 heteroatoms. The highest BCUT2D eigenvalue weighted by Crippen LogP contribution is 2.06. The number of rotatable bonds is 14. The van der Waals surface area contributed by atoms with Crippen LogP contribution in [0, 0.1) is 5.92 Å². The SMILES string of the molecule is CSCCC(N)C(=O)NC(Cc1ccccc1)C(=O)NCC(=O)NC(CC(C)C)C(=O)O. The van der Waals surface area contributed by atoms with Gasteiger partial charge in [0.15, 0.2) is 0 Å². The van der Waals surface area contributed by atoms with Gasteiger partial charge in [0, 0.05) is 6.42 Å². The second-order valence-electron chi connectivity index (χ2n) is 7.94. The van der Waals surface area contributed by atoms with E-state index in [1.807, 2.05) is 50.4 Å². The molecule has 178 valence electrons. The van der Waals surface area contributed by atoms with Gasteiger partial charge in [-0.25, -0.2) is 4.79 Å². The van der Waals surface area contributed by atoms with Crippen molar-refractivity contribution >= 4 is 35.5 Å². The molecule has 0 aliphatic rings. The average Bonchev–Trinajstić information content (AvgIpc) is 2.75. The Bertz CT molecular complexity index is 760. The summed E-state index contributed by atoms with van der Waals surface area (Å²) in [6.07, 6.45) is 2.88. The lowest BCUT2D eigenvalue weighted by Gasteiger charge is -2.21. The fraction of sp³-hybridized carbons (Fsp3) is 0.545. The number of nitrogens with one attached hydrogen (secondary N) is 3. The lowest BCUT2D eigenvalue weighted by Crippen LogP contribution is -2.54. The van der Waals surface area contributed by atoms with Crippen molar-refractivity contribution in [3.63, 3.8) is 0 Å². The van der Waals surface area contributed by atoms with Crippen LogP contribution >= 0.6 is 11.8 Å². The fourth-order valence-electron chi connectivity index (χ4n) is 2.94. The summed E-state index contributed by atoms with van der Waals surface area (Å²) in [6, 6.07) is 6.44. The Kier molecular flexibility index (Phi) is 12.4. The van der Waals surface area contributed by atoms with Crippen LogP contribution in [0.3, 0.4) is 0 Å². The van der Waals surface area contributed by atoms with Gasteiger partial charge in [0.1, 0.15) is 12.1 Å². The van der Waals surface area contributed by atoms with Gasteiger partial charge in [0.05, 0.1) is 12.6 Å². The first-order valence-electron chi connectivity index (χ1n) is 10.5. The van der Waals surface area contributed by atoms with Crippen LogP contribution in [0.15, 0.2) is 30.3 Å². The van der Waals surface area contributed by atoms with E-state index < -0.39 is 48.4 Å². The van der Waals surface area contributed by atoms with E-state index in [0.29, 0.717) is 12.2 Å². The van der Waals surface area contributed by atoms with Crippen molar-refractivity contribution in [3.05, 3.63) is 35.9 Å².